The number of aryl methyl sites for hydroxylation is 1. The number of aromatic nitrogens is 1. The van der Waals surface area contributed by atoms with E-state index in [9.17, 15) is 0 Å². The molecule has 1 heterocycles. The summed E-state index contributed by atoms with van der Waals surface area (Å²) in [6.07, 6.45) is 0. The molecule has 1 unspecified atom stereocenters. The summed E-state index contributed by atoms with van der Waals surface area (Å²) in [5.74, 6) is 0. The van der Waals surface area contributed by atoms with E-state index in [1.807, 2.05) is 0 Å². The molecule has 1 atom stereocenters. The number of nitrogens with zero attached hydrogens (tertiary/aromatic N) is 1. The Morgan fingerprint density at radius 3 is 2.05 bits per heavy atom. The van der Waals surface area contributed by atoms with Gasteiger partial charge in [0.1, 0.15) is 0 Å². The van der Waals surface area contributed by atoms with Gasteiger partial charge in [0, 0.05) is 16.1 Å². The van der Waals surface area contributed by atoms with Gasteiger partial charge in [0.05, 0.1) is 5.69 Å². The highest BCUT2D eigenvalue weighted by atomic mass is 79.9. The second-order valence-electron chi connectivity index (χ2n) is 6.31. The maximum Gasteiger partial charge on any atom is 0.0705 e. The van der Waals surface area contributed by atoms with Crippen molar-refractivity contribution in [3.8, 4) is 11.3 Å². The van der Waals surface area contributed by atoms with Crippen molar-refractivity contribution in [2.75, 3.05) is 0 Å². The monoisotopic (exact) mass is 331 g/mol. The second kappa shape index (κ2) is 5.69. The highest BCUT2D eigenvalue weighted by Gasteiger charge is 2.13. The number of hydrogen-bond acceptors (Lipinski definition) is 1. The third-order valence-electron chi connectivity index (χ3n) is 3.60. The average molecular weight is 332 g/mol. The summed E-state index contributed by atoms with van der Waals surface area (Å²) < 4.78 is 0. The molecule has 0 aliphatic carbocycles. The van der Waals surface area contributed by atoms with Gasteiger partial charge in [-0.25, -0.2) is 0 Å². The predicted molar refractivity (Wildman–Crippen MR) is 90.5 cm³/mol. The summed E-state index contributed by atoms with van der Waals surface area (Å²) in [7, 11) is 0. The van der Waals surface area contributed by atoms with E-state index in [0.717, 1.165) is 11.4 Å². The number of alkyl halides is 1. The van der Waals surface area contributed by atoms with Crippen LogP contribution in [0.15, 0.2) is 36.4 Å². The Hall–Kier alpha value is -1.15. The molecule has 2 rings (SSSR count). The molecule has 20 heavy (non-hydrogen) atoms. The summed E-state index contributed by atoms with van der Waals surface area (Å²) in [6.45, 7) is 10.9. The van der Waals surface area contributed by atoms with Crippen LogP contribution < -0.4 is 0 Å². The van der Waals surface area contributed by atoms with Crippen LogP contribution in [0.4, 0.5) is 0 Å². The zero-order valence-corrected chi connectivity index (χ0v) is 14.5. The van der Waals surface area contributed by atoms with Gasteiger partial charge in [-0.05, 0) is 36.5 Å². The first kappa shape index (κ1) is 15.2. The van der Waals surface area contributed by atoms with Crippen LogP contribution >= 0.6 is 15.9 Å². The lowest BCUT2D eigenvalue weighted by atomic mass is 9.86. The molecule has 0 aliphatic heterocycles. The van der Waals surface area contributed by atoms with Crippen molar-refractivity contribution in [1.82, 2.24) is 4.98 Å². The van der Waals surface area contributed by atoms with E-state index < -0.39 is 0 Å². The Labute approximate surface area is 130 Å². The van der Waals surface area contributed by atoms with E-state index in [1.54, 1.807) is 0 Å². The minimum Gasteiger partial charge on any atom is -0.253 e. The first-order valence-electron chi connectivity index (χ1n) is 7.01. The van der Waals surface area contributed by atoms with Gasteiger partial charge in [0.2, 0.25) is 0 Å². The standard InChI is InChI=1S/C18H22BrN/c1-12(19)16-10-11-17(20-13(16)2)14-6-8-15(9-7-14)18(3,4)5/h6-12H,1-5H3. The zero-order chi connectivity index (χ0) is 14.9. The zero-order valence-electron chi connectivity index (χ0n) is 12.9. The van der Waals surface area contributed by atoms with Crippen molar-refractivity contribution in [1.29, 1.82) is 0 Å². The lowest BCUT2D eigenvalue weighted by Crippen LogP contribution is -2.10. The number of benzene rings is 1. The van der Waals surface area contributed by atoms with E-state index in [4.69, 9.17) is 4.98 Å². The Balaban J connectivity index is 2.35. The molecule has 1 nitrogen and oxygen atoms in total. The lowest BCUT2D eigenvalue weighted by Gasteiger charge is -2.19. The molecule has 2 heteroatoms. The second-order valence-corrected chi connectivity index (χ2v) is 7.69. The summed E-state index contributed by atoms with van der Waals surface area (Å²) in [5.41, 5.74) is 6.10. The molecule has 0 fully saturated rings. The van der Waals surface area contributed by atoms with Gasteiger partial charge in [-0.3, -0.25) is 4.98 Å². The SMILES string of the molecule is Cc1nc(-c2ccc(C(C)(C)C)cc2)ccc1C(C)Br. The molecule has 0 aliphatic rings. The van der Waals surface area contributed by atoms with Crippen molar-refractivity contribution in [3.05, 3.63) is 53.2 Å². The third kappa shape index (κ3) is 3.29. The Morgan fingerprint density at radius 1 is 1.00 bits per heavy atom. The highest BCUT2D eigenvalue weighted by Crippen LogP contribution is 2.28. The van der Waals surface area contributed by atoms with Crippen LogP contribution in [-0.2, 0) is 5.41 Å². The molecular weight excluding hydrogens is 310 g/mol. The summed E-state index contributed by atoms with van der Waals surface area (Å²) in [6, 6.07) is 13.0. The van der Waals surface area contributed by atoms with Crippen molar-refractivity contribution < 1.29 is 0 Å². The minimum absolute atomic E-state index is 0.192. The fraction of sp³-hybridized carbons (Fsp3) is 0.389. The van der Waals surface area contributed by atoms with Crippen LogP contribution in [0.2, 0.25) is 0 Å². The van der Waals surface area contributed by atoms with Crippen LogP contribution in [0.3, 0.4) is 0 Å². The number of halogens is 1. The average Bonchev–Trinajstić information content (AvgIpc) is 2.37. The molecule has 1 aromatic carbocycles. The van der Waals surface area contributed by atoms with Gasteiger partial charge in [-0.2, -0.15) is 0 Å². The fourth-order valence-electron chi connectivity index (χ4n) is 2.29. The van der Waals surface area contributed by atoms with E-state index >= 15 is 0 Å². The third-order valence-corrected chi connectivity index (χ3v) is 4.10. The van der Waals surface area contributed by atoms with Crippen LogP contribution in [-0.4, -0.2) is 4.98 Å². The number of rotatable bonds is 2. The molecule has 0 saturated heterocycles. The van der Waals surface area contributed by atoms with E-state index in [1.165, 1.54) is 16.7 Å². The normalized spacial score (nSPS) is 13.3. The lowest BCUT2D eigenvalue weighted by molar-refractivity contribution is 0.590. The van der Waals surface area contributed by atoms with Crippen molar-refractivity contribution >= 4 is 15.9 Å². The Kier molecular flexibility index (Phi) is 4.33. The van der Waals surface area contributed by atoms with Gasteiger partial charge in [0.15, 0.2) is 0 Å². The van der Waals surface area contributed by atoms with Crippen molar-refractivity contribution in [2.24, 2.45) is 0 Å². The fourth-order valence-corrected chi connectivity index (χ4v) is 2.78. The quantitative estimate of drug-likeness (QED) is 0.632. The molecule has 0 radical (unpaired) electrons. The summed E-state index contributed by atoms with van der Waals surface area (Å²) in [5, 5.41) is 0. The predicted octanol–water partition coefficient (Wildman–Crippen LogP) is 5.81. The van der Waals surface area contributed by atoms with Gasteiger partial charge in [0.25, 0.3) is 0 Å². The smallest absolute Gasteiger partial charge is 0.0705 e. The molecule has 0 spiro atoms. The van der Waals surface area contributed by atoms with E-state index in [0.29, 0.717) is 4.83 Å². The molecule has 106 valence electrons. The van der Waals surface area contributed by atoms with E-state index in [-0.39, 0.29) is 5.41 Å². The first-order chi connectivity index (χ1) is 9.29. The van der Waals surface area contributed by atoms with Crippen molar-refractivity contribution in [3.63, 3.8) is 0 Å². The topological polar surface area (TPSA) is 12.9 Å². The molecule has 1 aromatic heterocycles. The Morgan fingerprint density at radius 2 is 1.60 bits per heavy atom. The molecule has 0 N–H and O–H groups in total. The highest BCUT2D eigenvalue weighted by molar-refractivity contribution is 9.09. The maximum atomic E-state index is 4.73. The van der Waals surface area contributed by atoms with Crippen molar-refractivity contribution in [2.45, 2.75) is 44.9 Å². The first-order valence-corrected chi connectivity index (χ1v) is 7.93. The van der Waals surface area contributed by atoms with Gasteiger partial charge >= 0.3 is 0 Å². The summed E-state index contributed by atoms with van der Waals surface area (Å²) in [4.78, 5) is 5.07. The van der Waals surface area contributed by atoms with Gasteiger partial charge in [-0.1, -0.05) is 67.0 Å². The molecular formula is C18H22BrN. The number of hydrogen-bond donors (Lipinski definition) is 0. The Bertz CT molecular complexity index is 592. The van der Waals surface area contributed by atoms with Crippen LogP contribution in [0.1, 0.15) is 49.3 Å². The molecule has 2 aromatic rings. The molecule has 0 bridgehead atoms. The van der Waals surface area contributed by atoms with Crippen LogP contribution in [0.5, 0.6) is 0 Å². The molecule has 0 saturated carbocycles. The van der Waals surface area contributed by atoms with Gasteiger partial charge in [-0.15, -0.1) is 0 Å². The number of pyridine rings is 1. The van der Waals surface area contributed by atoms with Crippen LogP contribution in [0.25, 0.3) is 11.3 Å². The van der Waals surface area contributed by atoms with Crippen LogP contribution in [0, 0.1) is 6.92 Å². The van der Waals surface area contributed by atoms with E-state index in [2.05, 4.69) is 86.9 Å². The summed E-state index contributed by atoms with van der Waals surface area (Å²) >= 11 is 3.61. The van der Waals surface area contributed by atoms with Gasteiger partial charge < -0.3 is 0 Å². The largest absolute Gasteiger partial charge is 0.253 e. The maximum absolute atomic E-state index is 4.73. The molecule has 0 amide bonds. The minimum atomic E-state index is 0.192.